The van der Waals surface area contributed by atoms with Gasteiger partial charge in [-0.25, -0.2) is 4.67 Å². The average molecular weight is 261 g/mol. The van der Waals surface area contributed by atoms with Crippen molar-refractivity contribution < 1.29 is 28.3 Å². The zero-order valence-electron chi connectivity index (χ0n) is 9.24. The maximum Gasteiger partial charge on any atom is 0.206 e. The Morgan fingerprint density at radius 2 is 1.53 bits per heavy atom. The summed E-state index contributed by atoms with van der Waals surface area (Å²) in [6.07, 6.45) is 0. The number of hydrogen-bond donors (Lipinski definition) is 0. The van der Waals surface area contributed by atoms with E-state index in [1.165, 1.54) is 14.1 Å². The van der Waals surface area contributed by atoms with Gasteiger partial charge in [-0.05, 0) is 14.1 Å². The predicted molar refractivity (Wildman–Crippen MR) is 50.6 cm³/mol. The Kier molecular flexibility index (Phi) is 8.79. The number of hydrogen-bond acceptors (Lipinski definition) is 7. The summed E-state index contributed by atoms with van der Waals surface area (Å²) in [7, 11) is -1.25. The molecule has 0 fully saturated rings. The molecular formula is C5H15N2O6P2-3. The van der Waals surface area contributed by atoms with Crippen LogP contribution in [-0.4, -0.2) is 40.0 Å². The summed E-state index contributed by atoms with van der Waals surface area (Å²) < 4.78 is 22.4. The zero-order valence-corrected chi connectivity index (χ0v) is 11.0. The maximum absolute atomic E-state index is 10.4. The van der Waals surface area contributed by atoms with E-state index < -0.39 is 15.5 Å². The van der Waals surface area contributed by atoms with E-state index in [1.807, 2.05) is 0 Å². The Hall–Kier alpha value is 0.220. The number of rotatable bonds is 3. The Balaban J connectivity index is 0. The van der Waals surface area contributed by atoms with Gasteiger partial charge in [-0.15, -0.1) is 0 Å². The van der Waals surface area contributed by atoms with Crippen LogP contribution in [0.5, 0.6) is 0 Å². The summed E-state index contributed by atoms with van der Waals surface area (Å²) in [4.78, 5) is 30.4. The molecule has 0 aliphatic heterocycles. The van der Waals surface area contributed by atoms with Gasteiger partial charge in [0, 0.05) is 21.3 Å². The fraction of sp³-hybridized carbons (Fsp3) is 1.00. The maximum atomic E-state index is 10.4. The normalized spacial score (nSPS) is 15.3. The third-order valence-corrected chi connectivity index (χ3v) is 3.59. The fourth-order valence-corrected chi connectivity index (χ4v) is 0.735. The molecule has 15 heavy (non-hydrogen) atoms. The van der Waals surface area contributed by atoms with Gasteiger partial charge >= 0.3 is 0 Å². The van der Waals surface area contributed by atoms with Crippen LogP contribution in [0.4, 0.5) is 0 Å². The molecule has 0 radical (unpaired) electrons. The molecule has 8 nitrogen and oxygen atoms in total. The molecule has 0 aliphatic carbocycles. The number of nitrogens with zero attached hydrogens (tertiary/aromatic N) is 2. The minimum Gasteiger partial charge on any atom is -0.806 e. The molecule has 0 amide bonds. The van der Waals surface area contributed by atoms with E-state index in [0.29, 0.717) is 0 Å². The van der Waals surface area contributed by atoms with Gasteiger partial charge in [0.25, 0.3) is 0 Å². The standard InChI is InChI=1S/C3H10NO3P.C2H6NO3P/c1-4(2)8(5,6)7-3;1-3-7(4,5)6-2/h1-3H3,(H,5,6);1-2H3/q;-2/p-1. The van der Waals surface area contributed by atoms with Crippen LogP contribution in [0.25, 0.3) is 0 Å². The van der Waals surface area contributed by atoms with Gasteiger partial charge in [0.2, 0.25) is 7.75 Å². The van der Waals surface area contributed by atoms with Gasteiger partial charge in [-0.3, -0.25) is 4.57 Å². The molecule has 0 spiro atoms. The van der Waals surface area contributed by atoms with E-state index in [9.17, 15) is 19.2 Å². The molecule has 0 bridgehead atoms. The van der Waals surface area contributed by atoms with E-state index in [-0.39, 0.29) is 0 Å². The smallest absolute Gasteiger partial charge is 0.206 e. The van der Waals surface area contributed by atoms with Crippen LogP contribution >= 0.6 is 15.5 Å². The molecular weight excluding hydrogens is 246 g/mol. The van der Waals surface area contributed by atoms with Crippen molar-refractivity contribution >= 4 is 15.5 Å². The van der Waals surface area contributed by atoms with E-state index in [0.717, 1.165) is 25.9 Å². The van der Waals surface area contributed by atoms with E-state index in [4.69, 9.17) is 0 Å². The Morgan fingerprint density at radius 3 is 1.53 bits per heavy atom. The predicted octanol–water partition coefficient (Wildman–Crippen LogP) is -1.41. The largest absolute Gasteiger partial charge is 0.806 e. The van der Waals surface area contributed by atoms with Crippen molar-refractivity contribution in [2.75, 3.05) is 35.4 Å². The van der Waals surface area contributed by atoms with Crippen molar-refractivity contribution in [3.05, 3.63) is 0 Å². The lowest BCUT2D eigenvalue weighted by Gasteiger charge is -2.34. The molecule has 1 unspecified atom stereocenters. The first-order valence-corrected chi connectivity index (χ1v) is 6.64. The molecule has 0 saturated heterocycles. The lowest BCUT2D eigenvalue weighted by atomic mass is 11.3. The topological polar surface area (TPSA) is 120 Å². The second kappa shape index (κ2) is 7.49. The third kappa shape index (κ3) is 9.17. The van der Waals surface area contributed by atoms with Crippen LogP contribution in [-0.2, 0) is 13.6 Å². The van der Waals surface area contributed by atoms with Gasteiger partial charge in [0.15, 0.2) is 0 Å². The van der Waals surface area contributed by atoms with Crippen LogP contribution in [0.2, 0.25) is 0 Å². The molecule has 0 heterocycles. The van der Waals surface area contributed by atoms with Gasteiger partial charge in [-0.2, -0.15) is 0 Å². The summed E-state index contributed by atoms with van der Waals surface area (Å²) in [5.74, 6) is 0. The third-order valence-electron chi connectivity index (χ3n) is 1.20. The quantitative estimate of drug-likeness (QED) is 0.572. The first-order valence-electron chi connectivity index (χ1n) is 3.65. The van der Waals surface area contributed by atoms with Crippen molar-refractivity contribution in [2.24, 2.45) is 4.74 Å². The van der Waals surface area contributed by atoms with Crippen molar-refractivity contribution in [1.29, 1.82) is 0 Å². The summed E-state index contributed by atoms with van der Waals surface area (Å²) in [5, 5.41) is 0. The summed E-state index contributed by atoms with van der Waals surface area (Å²) in [6, 6.07) is 0. The molecule has 94 valence electrons. The van der Waals surface area contributed by atoms with Crippen LogP contribution < -0.4 is 14.7 Å². The lowest BCUT2D eigenvalue weighted by molar-refractivity contribution is -0.325. The van der Waals surface area contributed by atoms with Gasteiger partial charge < -0.3 is 28.5 Å². The highest BCUT2D eigenvalue weighted by molar-refractivity contribution is 7.48. The lowest BCUT2D eigenvalue weighted by Crippen LogP contribution is -2.18. The van der Waals surface area contributed by atoms with Crippen LogP contribution in [0.15, 0.2) is 4.74 Å². The van der Waals surface area contributed by atoms with Crippen LogP contribution in [0.1, 0.15) is 0 Å². The summed E-state index contributed by atoms with van der Waals surface area (Å²) in [6.45, 7) is 0. The van der Waals surface area contributed by atoms with Crippen molar-refractivity contribution in [3.8, 4) is 0 Å². The summed E-state index contributed by atoms with van der Waals surface area (Å²) >= 11 is 0. The van der Waals surface area contributed by atoms with Crippen molar-refractivity contribution in [1.82, 2.24) is 4.67 Å². The van der Waals surface area contributed by atoms with E-state index in [2.05, 4.69) is 13.8 Å². The minimum absolute atomic E-state index is 1.02. The monoisotopic (exact) mass is 261 g/mol. The first kappa shape index (κ1) is 17.6. The molecule has 0 N–H and O–H groups in total. The fourth-order valence-electron chi connectivity index (χ4n) is 0.245. The van der Waals surface area contributed by atoms with E-state index >= 15 is 0 Å². The molecule has 0 aliphatic rings. The van der Waals surface area contributed by atoms with Gasteiger partial charge in [-0.1, -0.05) is 7.74 Å². The second-order valence-corrected chi connectivity index (χ2v) is 6.15. The van der Waals surface area contributed by atoms with Gasteiger partial charge in [0.1, 0.15) is 0 Å². The molecule has 0 aromatic carbocycles. The van der Waals surface area contributed by atoms with Gasteiger partial charge in [0.05, 0.1) is 0 Å². The molecule has 0 aromatic heterocycles. The average Bonchev–Trinajstić information content (AvgIpc) is 2.18. The summed E-state index contributed by atoms with van der Waals surface area (Å²) in [5.41, 5.74) is 0. The van der Waals surface area contributed by atoms with Crippen LogP contribution in [0, 0.1) is 0 Å². The SMILES string of the molecule is CN=P([O-])([O-])OC.COP(=O)([O-])N(C)C. The minimum atomic E-state index is -3.78. The molecule has 10 heteroatoms. The highest BCUT2D eigenvalue weighted by Gasteiger charge is 2.06. The zero-order chi connectivity index (χ0) is 12.7. The Morgan fingerprint density at radius 1 is 1.13 bits per heavy atom. The molecule has 0 rings (SSSR count). The molecule has 0 aromatic rings. The highest BCUT2D eigenvalue weighted by atomic mass is 31.2. The molecule has 1 atom stereocenters. The Bertz CT molecular complexity index is 262. The van der Waals surface area contributed by atoms with E-state index in [1.54, 1.807) is 0 Å². The first-order chi connectivity index (χ1) is 6.63. The van der Waals surface area contributed by atoms with Crippen molar-refractivity contribution in [2.45, 2.75) is 0 Å². The van der Waals surface area contributed by atoms with Crippen LogP contribution in [0.3, 0.4) is 0 Å². The Labute approximate surface area is 89.3 Å². The highest BCUT2D eigenvalue weighted by Crippen LogP contribution is 2.36. The second-order valence-electron chi connectivity index (χ2n) is 2.35. The van der Waals surface area contributed by atoms with Crippen molar-refractivity contribution in [3.63, 3.8) is 0 Å². The molecule has 0 saturated carbocycles.